The highest BCUT2D eigenvalue weighted by Gasteiger charge is 2.16. The molecule has 1 rings (SSSR count). The van der Waals surface area contributed by atoms with E-state index < -0.39 is 0 Å². The summed E-state index contributed by atoms with van der Waals surface area (Å²) in [7, 11) is 1.82. The largest absolute Gasteiger partial charge is 0.385 e. The highest BCUT2D eigenvalue weighted by molar-refractivity contribution is 5.99. The van der Waals surface area contributed by atoms with Gasteiger partial charge in [-0.05, 0) is 18.9 Å². The number of hydrogen-bond donors (Lipinski definition) is 1. The molecule has 0 unspecified atom stereocenters. The minimum atomic E-state index is 0.0164. The second-order valence-electron chi connectivity index (χ2n) is 4.53. The third-order valence-corrected chi connectivity index (χ3v) is 2.40. The smallest absolute Gasteiger partial charge is 0.257 e. The van der Waals surface area contributed by atoms with E-state index in [1.54, 1.807) is 17.3 Å². The van der Waals surface area contributed by atoms with Gasteiger partial charge in [-0.25, -0.2) is 0 Å². The normalized spacial score (nSPS) is 10.4. The van der Waals surface area contributed by atoms with Gasteiger partial charge >= 0.3 is 0 Å². The standard InChI is InChI=1S/C13H21N3O/c1-5-15-12-6-7-14-8-11(12)13(17)16(4)9-10(2)3/h6-8,10H,5,9H2,1-4H3,(H,14,15). The first-order valence-electron chi connectivity index (χ1n) is 5.99. The molecule has 0 bridgehead atoms. The molecule has 94 valence electrons. The quantitative estimate of drug-likeness (QED) is 0.851. The van der Waals surface area contributed by atoms with Crippen LogP contribution in [-0.4, -0.2) is 35.9 Å². The van der Waals surface area contributed by atoms with Crippen molar-refractivity contribution in [2.75, 3.05) is 25.5 Å². The van der Waals surface area contributed by atoms with Gasteiger partial charge in [0, 0.05) is 32.5 Å². The Morgan fingerprint density at radius 3 is 2.82 bits per heavy atom. The fraction of sp³-hybridized carbons (Fsp3) is 0.538. The van der Waals surface area contributed by atoms with Crippen LogP contribution in [-0.2, 0) is 0 Å². The monoisotopic (exact) mass is 235 g/mol. The molecule has 0 radical (unpaired) electrons. The van der Waals surface area contributed by atoms with Crippen molar-refractivity contribution < 1.29 is 4.79 Å². The maximum absolute atomic E-state index is 12.2. The average molecular weight is 235 g/mol. The van der Waals surface area contributed by atoms with E-state index in [0.29, 0.717) is 11.5 Å². The molecule has 0 aliphatic carbocycles. The van der Waals surface area contributed by atoms with Gasteiger partial charge in [0.25, 0.3) is 5.91 Å². The number of rotatable bonds is 5. The van der Waals surface area contributed by atoms with E-state index in [4.69, 9.17) is 0 Å². The lowest BCUT2D eigenvalue weighted by Crippen LogP contribution is -2.31. The number of carbonyl (C=O) groups excluding carboxylic acids is 1. The molecule has 1 heterocycles. The van der Waals surface area contributed by atoms with Gasteiger partial charge in [-0.15, -0.1) is 0 Å². The summed E-state index contributed by atoms with van der Waals surface area (Å²) in [4.78, 5) is 18.0. The lowest BCUT2D eigenvalue weighted by molar-refractivity contribution is 0.0779. The number of aromatic nitrogens is 1. The highest BCUT2D eigenvalue weighted by Crippen LogP contribution is 2.15. The average Bonchev–Trinajstić information content (AvgIpc) is 2.28. The van der Waals surface area contributed by atoms with Crippen LogP contribution in [0.2, 0.25) is 0 Å². The second kappa shape index (κ2) is 6.23. The van der Waals surface area contributed by atoms with Crippen LogP contribution in [0.4, 0.5) is 5.69 Å². The third kappa shape index (κ3) is 3.73. The van der Waals surface area contributed by atoms with Gasteiger partial charge in [0.1, 0.15) is 0 Å². The Kier molecular flexibility index (Phi) is 4.94. The zero-order valence-electron chi connectivity index (χ0n) is 11.0. The summed E-state index contributed by atoms with van der Waals surface area (Å²) in [6.07, 6.45) is 3.31. The molecule has 0 spiro atoms. The Morgan fingerprint density at radius 2 is 2.24 bits per heavy atom. The lowest BCUT2D eigenvalue weighted by Gasteiger charge is -2.20. The minimum Gasteiger partial charge on any atom is -0.385 e. The van der Waals surface area contributed by atoms with Crippen LogP contribution < -0.4 is 5.32 Å². The Bertz CT molecular complexity index is 377. The van der Waals surface area contributed by atoms with Crippen LogP contribution in [0, 0.1) is 5.92 Å². The molecule has 1 aromatic heterocycles. The lowest BCUT2D eigenvalue weighted by atomic mass is 10.1. The summed E-state index contributed by atoms with van der Waals surface area (Å²) in [6, 6.07) is 1.83. The second-order valence-corrected chi connectivity index (χ2v) is 4.53. The van der Waals surface area contributed by atoms with Crippen molar-refractivity contribution in [2.45, 2.75) is 20.8 Å². The molecule has 1 amide bonds. The summed E-state index contributed by atoms with van der Waals surface area (Å²) >= 11 is 0. The maximum Gasteiger partial charge on any atom is 0.257 e. The predicted octanol–water partition coefficient (Wildman–Crippen LogP) is 2.24. The number of hydrogen-bond acceptors (Lipinski definition) is 3. The van der Waals surface area contributed by atoms with E-state index in [-0.39, 0.29) is 5.91 Å². The molecule has 0 atom stereocenters. The van der Waals surface area contributed by atoms with Gasteiger partial charge < -0.3 is 10.2 Å². The fourth-order valence-corrected chi connectivity index (χ4v) is 1.75. The topological polar surface area (TPSA) is 45.2 Å². The molecule has 0 fully saturated rings. The first-order valence-corrected chi connectivity index (χ1v) is 5.99. The Labute approximate surface area is 103 Å². The summed E-state index contributed by atoms with van der Waals surface area (Å²) in [5, 5.41) is 3.18. The number of anilines is 1. The molecule has 1 aromatic rings. The van der Waals surface area contributed by atoms with Gasteiger partial charge in [0.2, 0.25) is 0 Å². The zero-order chi connectivity index (χ0) is 12.8. The molecule has 0 aromatic carbocycles. The fourth-order valence-electron chi connectivity index (χ4n) is 1.75. The molecule has 4 nitrogen and oxygen atoms in total. The Morgan fingerprint density at radius 1 is 1.53 bits per heavy atom. The number of amides is 1. The maximum atomic E-state index is 12.2. The van der Waals surface area contributed by atoms with E-state index in [1.165, 1.54) is 0 Å². The third-order valence-electron chi connectivity index (χ3n) is 2.40. The Balaban J connectivity index is 2.87. The molecule has 0 saturated heterocycles. The summed E-state index contributed by atoms with van der Waals surface area (Å²) in [5.74, 6) is 0.478. The van der Waals surface area contributed by atoms with E-state index >= 15 is 0 Å². The zero-order valence-corrected chi connectivity index (χ0v) is 11.0. The molecule has 1 N–H and O–H groups in total. The number of carbonyl (C=O) groups is 1. The van der Waals surface area contributed by atoms with Crippen molar-refractivity contribution >= 4 is 11.6 Å². The van der Waals surface area contributed by atoms with Crippen LogP contribution in [0.5, 0.6) is 0 Å². The summed E-state index contributed by atoms with van der Waals surface area (Å²) in [5.41, 5.74) is 1.49. The summed E-state index contributed by atoms with van der Waals surface area (Å²) < 4.78 is 0. The first-order chi connectivity index (χ1) is 8.06. The Hall–Kier alpha value is -1.58. The highest BCUT2D eigenvalue weighted by atomic mass is 16.2. The van der Waals surface area contributed by atoms with Crippen molar-refractivity contribution in [3.05, 3.63) is 24.0 Å². The molecule has 0 saturated carbocycles. The molecular weight excluding hydrogens is 214 g/mol. The molecule has 17 heavy (non-hydrogen) atoms. The van der Waals surface area contributed by atoms with Crippen LogP contribution in [0.25, 0.3) is 0 Å². The van der Waals surface area contributed by atoms with Crippen molar-refractivity contribution in [2.24, 2.45) is 5.92 Å². The molecular formula is C13H21N3O. The van der Waals surface area contributed by atoms with Crippen molar-refractivity contribution in [3.8, 4) is 0 Å². The molecule has 0 aliphatic heterocycles. The van der Waals surface area contributed by atoms with Crippen LogP contribution in [0.3, 0.4) is 0 Å². The van der Waals surface area contributed by atoms with Gasteiger partial charge in [0.15, 0.2) is 0 Å². The van der Waals surface area contributed by atoms with Crippen molar-refractivity contribution in [1.29, 1.82) is 0 Å². The SMILES string of the molecule is CCNc1ccncc1C(=O)N(C)CC(C)C. The van der Waals surface area contributed by atoms with Gasteiger partial charge in [-0.3, -0.25) is 9.78 Å². The van der Waals surface area contributed by atoms with E-state index in [2.05, 4.69) is 24.1 Å². The first kappa shape index (κ1) is 13.5. The van der Waals surface area contributed by atoms with E-state index in [0.717, 1.165) is 18.8 Å². The van der Waals surface area contributed by atoms with Gasteiger partial charge in [-0.1, -0.05) is 13.8 Å². The van der Waals surface area contributed by atoms with E-state index in [9.17, 15) is 4.79 Å². The molecule has 0 aliphatic rings. The van der Waals surface area contributed by atoms with E-state index in [1.807, 2.05) is 20.0 Å². The van der Waals surface area contributed by atoms with Crippen LogP contribution in [0.15, 0.2) is 18.5 Å². The van der Waals surface area contributed by atoms with Crippen molar-refractivity contribution in [1.82, 2.24) is 9.88 Å². The van der Waals surface area contributed by atoms with Crippen molar-refractivity contribution in [3.63, 3.8) is 0 Å². The summed E-state index contributed by atoms with van der Waals surface area (Å²) in [6.45, 7) is 7.74. The van der Waals surface area contributed by atoms with Gasteiger partial charge in [-0.2, -0.15) is 0 Å². The minimum absolute atomic E-state index is 0.0164. The predicted molar refractivity (Wildman–Crippen MR) is 70.2 cm³/mol. The van der Waals surface area contributed by atoms with Crippen LogP contribution in [0.1, 0.15) is 31.1 Å². The van der Waals surface area contributed by atoms with Gasteiger partial charge in [0.05, 0.1) is 11.3 Å². The van der Waals surface area contributed by atoms with Crippen LogP contribution >= 0.6 is 0 Å². The number of pyridine rings is 1. The number of nitrogens with zero attached hydrogens (tertiary/aromatic N) is 2. The number of nitrogens with one attached hydrogen (secondary N) is 1. The molecule has 4 heteroatoms.